The summed E-state index contributed by atoms with van der Waals surface area (Å²) in [6.07, 6.45) is 0. The second kappa shape index (κ2) is 7.03. The van der Waals surface area contributed by atoms with E-state index < -0.39 is 0 Å². The molecule has 1 aromatic heterocycles. The molecule has 1 heterocycles. The molecular weight excluding hydrogens is 344 g/mol. The minimum absolute atomic E-state index is 0.174. The highest BCUT2D eigenvalue weighted by atomic mass is 35.5. The third-order valence-electron chi connectivity index (χ3n) is 3.45. The summed E-state index contributed by atoms with van der Waals surface area (Å²) in [5, 5.41) is 5.77. The molecule has 0 saturated carbocycles. The number of methoxy groups -OCH3 is 1. The summed E-state index contributed by atoms with van der Waals surface area (Å²) in [6.45, 7) is 1.95. The number of carbonyl (C=O) groups is 1. The lowest BCUT2D eigenvalue weighted by Gasteiger charge is -2.04. The number of nitrogens with zero attached hydrogens (tertiary/aromatic N) is 1. The Morgan fingerprint density at radius 1 is 1.25 bits per heavy atom. The van der Waals surface area contributed by atoms with Gasteiger partial charge in [0.1, 0.15) is 5.75 Å². The number of rotatable bonds is 4. The maximum absolute atomic E-state index is 12.3. The Balaban J connectivity index is 1.78. The van der Waals surface area contributed by atoms with Gasteiger partial charge >= 0.3 is 0 Å². The molecule has 0 saturated heterocycles. The number of ether oxygens (including phenoxy) is 1. The van der Waals surface area contributed by atoms with Crippen LogP contribution in [0.4, 0.5) is 5.13 Å². The van der Waals surface area contributed by atoms with Crippen LogP contribution in [-0.2, 0) is 0 Å². The number of benzene rings is 2. The third kappa shape index (κ3) is 3.58. The summed E-state index contributed by atoms with van der Waals surface area (Å²) in [5.74, 6) is 0.441. The summed E-state index contributed by atoms with van der Waals surface area (Å²) < 4.78 is 5.15. The Hall–Kier alpha value is -2.37. The van der Waals surface area contributed by atoms with Crippen LogP contribution in [0.1, 0.15) is 15.9 Å². The highest BCUT2D eigenvalue weighted by Crippen LogP contribution is 2.31. The number of hydrogen-bond donors (Lipinski definition) is 1. The lowest BCUT2D eigenvalue weighted by atomic mass is 10.1. The second-order valence-electron chi connectivity index (χ2n) is 5.21. The van der Waals surface area contributed by atoms with Gasteiger partial charge < -0.3 is 4.74 Å². The topological polar surface area (TPSA) is 51.2 Å². The van der Waals surface area contributed by atoms with Crippen LogP contribution in [0, 0.1) is 6.92 Å². The minimum Gasteiger partial charge on any atom is -0.495 e. The van der Waals surface area contributed by atoms with Gasteiger partial charge in [-0.1, -0.05) is 29.3 Å². The first-order valence-corrected chi connectivity index (χ1v) is 8.50. The Labute approximate surface area is 149 Å². The van der Waals surface area contributed by atoms with E-state index in [2.05, 4.69) is 10.3 Å². The van der Waals surface area contributed by atoms with Gasteiger partial charge in [0.15, 0.2) is 5.13 Å². The van der Waals surface area contributed by atoms with E-state index in [9.17, 15) is 4.79 Å². The molecule has 0 aliphatic heterocycles. The fourth-order valence-corrected chi connectivity index (χ4v) is 3.22. The number of thiazole rings is 1. The summed E-state index contributed by atoms with van der Waals surface area (Å²) in [6, 6.07) is 12.9. The molecular formula is C18H15ClN2O2S. The molecule has 24 heavy (non-hydrogen) atoms. The van der Waals surface area contributed by atoms with Gasteiger partial charge in [0.25, 0.3) is 5.91 Å². The van der Waals surface area contributed by atoms with Crippen molar-refractivity contribution in [1.29, 1.82) is 0 Å². The van der Waals surface area contributed by atoms with Gasteiger partial charge in [0.05, 0.1) is 17.8 Å². The van der Waals surface area contributed by atoms with Crippen molar-refractivity contribution in [2.45, 2.75) is 6.92 Å². The van der Waals surface area contributed by atoms with Crippen molar-refractivity contribution in [1.82, 2.24) is 4.98 Å². The summed E-state index contributed by atoms with van der Waals surface area (Å²) in [4.78, 5) is 16.7. The van der Waals surface area contributed by atoms with Crippen LogP contribution in [-0.4, -0.2) is 18.0 Å². The fourth-order valence-electron chi connectivity index (χ4n) is 2.25. The molecule has 0 atom stereocenters. The van der Waals surface area contributed by atoms with E-state index in [4.69, 9.17) is 16.3 Å². The number of aromatic nitrogens is 1. The van der Waals surface area contributed by atoms with Crippen LogP contribution in [0.15, 0.2) is 47.8 Å². The fraction of sp³-hybridized carbons (Fsp3) is 0.111. The van der Waals surface area contributed by atoms with Gasteiger partial charge in [-0.3, -0.25) is 10.1 Å². The number of hydrogen-bond acceptors (Lipinski definition) is 4. The molecule has 1 amide bonds. The normalized spacial score (nSPS) is 10.5. The lowest BCUT2D eigenvalue weighted by Crippen LogP contribution is -2.11. The van der Waals surface area contributed by atoms with Gasteiger partial charge in [-0.05, 0) is 37.3 Å². The molecule has 0 aliphatic rings. The van der Waals surface area contributed by atoms with Crippen LogP contribution >= 0.6 is 22.9 Å². The summed E-state index contributed by atoms with van der Waals surface area (Å²) in [5.41, 5.74) is 3.27. The molecule has 4 nitrogen and oxygen atoms in total. The van der Waals surface area contributed by atoms with Gasteiger partial charge in [-0.25, -0.2) is 4.98 Å². The molecule has 6 heteroatoms. The van der Waals surface area contributed by atoms with E-state index in [0.717, 1.165) is 16.8 Å². The third-order valence-corrected chi connectivity index (χ3v) is 4.51. The van der Waals surface area contributed by atoms with Crippen molar-refractivity contribution in [3.8, 4) is 17.0 Å². The molecule has 0 spiro atoms. The largest absolute Gasteiger partial charge is 0.495 e. The summed E-state index contributed by atoms with van der Waals surface area (Å²) in [7, 11) is 1.57. The van der Waals surface area contributed by atoms with Crippen LogP contribution < -0.4 is 10.1 Å². The van der Waals surface area contributed by atoms with Gasteiger partial charge in [0, 0.05) is 16.5 Å². The van der Waals surface area contributed by atoms with Gasteiger partial charge in [-0.2, -0.15) is 0 Å². The van der Waals surface area contributed by atoms with Gasteiger partial charge in [0.2, 0.25) is 0 Å². The monoisotopic (exact) mass is 358 g/mol. The molecule has 0 bridgehead atoms. The predicted molar refractivity (Wildman–Crippen MR) is 98.2 cm³/mol. The number of nitrogens with one attached hydrogen (secondary N) is 1. The second-order valence-corrected chi connectivity index (χ2v) is 6.48. The van der Waals surface area contributed by atoms with E-state index >= 15 is 0 Å². The predicted octanol–water partition coefficient (Wildman–Crippen LogP) is 5.03. The average molecular weight is 359 g/mol. The Morgan fingerprint density at radius 2 is 2.08 bits per heavy atom. The number of anilines is 1. The van der Waals surface area contributed by atoms with E-state index in [1.54, 1.807) is 25.3 Å². The first-order valence-electron chi connectivity index (χ1n) is 7.24. The standard InChI is InChI=1S/C18H15ClN2O2S/c1-11-4-3-5-13(8-11)17(22)21-18-20-15(10-24-18)12-6-7-16(23-2)14(19)9-12/h3-10H,1-2H3,(H,20,21,22). The van der Waals surface area contributed by atoms with E-state index in [0.29, 0.717) is 21.5 Å². The molecule has 0 aliphatic carbocycles. The zero-order valence-electron chi connectivity index (χ0n) is 13.2. The number of halogens is 1. The lowest BCUT2D eigenvalue weighted by molar-refractivity contribution is 0.102. The van der Waals surface area contributed by atoms with E-state index in [-0.39, 0.29) is 5.91 Å². The number of aryl methyl sites for hydroxylation is 1. The van der Waals surface area contributed by atoms with Crippen LogP contribution in [0.2, 0.25) is 5.02 Å². The smallest absolute Gasteiger partial charge is 0.257 e. The van der Waals surface area contributed by atoms with Crippen LogP contribution in [0.3, 0.4) is 0 Å². The Kier molecular flexibility index (Phi) is 4.83. The maximum Gasteiger partial charge on any atom is 0.257 e. The van der Waals surface area contributed by atoms with Crippen molar-refractivity contribution >= 4 is 34.0 Å². The Bertz CT molecular complexity index is 892. The molecule has 0 radical (unpaired) electrons. The molecule has 3 rings (SSSR count). The highest BCUT2D eigenvalue weighted by molar-refractivity contribution is 7.14. The molecule has 1 N–H and O–H groups in total. The zero-order valence-corrected chi connectivity index (χ0v) is 14.7. The van der Waals surface area contributed by atoms with Crippen molar-refractivity contribution in [2.24, 2.45) is 0 Å². The zero-order chi connectivity index (χ0) is 17.1. The summed E-state index contributed by atoms with van der Waals surface area (Å²) >= 11 is 7.52. The number of amides is 1. The van der Waals surface area contributed by atoms with Crippen molar-refractivity contribution in [2.75, 3.05) is 12.4 Å². The van der Waals surface area contributed by atoms with Crippen LogP contribution in [0.5, 0.6) is 5.75 Å². The first kappa shape index (κ1) is 16.5. The molecule has 0 fully saturated rings. The molecule has 2 aromatic carbocycles. The van der Waals surface area contributed by atoms with E-state index in [1.165, 1.54) is 11.3 Å². The minimum atomic E-state index is -0.174. The molecule has 3 aromatic rings. The molecule has 122 valence electrons. The van der Waals surface area contributed by atoms with E-state index in [1.807, 2.05) is 36.6 Å². The maximum atomic E-state index is 12.3. The van der Waals surface area contributed by atoms with Gasteiger partial charge in [-0.15, -0.1) is 11.3 Å². The SMILES string of the molecule is COc1ccc(-c2csc(NC(=O)c3cccc(C)c3)n2)cc1Cl. The van der Waals surface area contributed by atoms with Crippen LogP contribution in [0.25, 0.3) is 11.3 Å². The van der Waals surface area contributed by atoms with Crippen molar-refractivity contribution < 1.29 is 9.53 Å². The average Bonchev–Trinajstić information content (AvgIpc) is 3.03. The highest BCUT2D eigenvalue weighted by Gasteiger charge is 2.11. The first-order chi connectivity index (χ1) is 11.6. The Morgan fingerprint density at radius 3 is 2.79 bits per heavy atom. The van der Waals surface area contributed by atoms with Crippen molar-refractivity contribution in [3.05, 3.63) is 64.0 Å². The number of carbonyl (C=O) groups excluding carboxylic acids is 1. The molecule has 0 unspecified atom stereocenters. The van der Waals surface area contributed by atoms with Crippen molar-refractivity contribution in [3.63, 3.8) is 0 Å². The quantitative estimate of drug-likeness (QED) is 0.711.